The molecule has 0 saturated heterocycles. The predicted molar refractivity (Wildman–Crippen MR) is 42.9 cm³/mol. The molecular formula is C4H10CaO4S. The molecule has 0 radical (unpaired) electrons. The van der Waals surface area contributed by atoms with Gasteiger partial charge in [0.2, 0.25) is 0 Å². The SMILES string of the molecule is O=C(O)CCC(=O)O.S.[Ca+2].[H-].[H-]. The van der Waals surface area contributed by atoms with Gasteiger partial charge in [0, 0.05) is 0 Å². The second-order valence-electron chi connectivity index (χ2n) is 1.29. The Labute approximate surface area is 98.0 Å². The molecule has 0 aromatic heterocycles. The van der Waals surface area contributed by atoms with Crippen LogP contribution in [-0.2, 0) is 9.59 Å². The van der Waals surface area contributed by atoms with Crippen molar-refractivity contribution >= 4 is 63.2 Å². The summed E-state index contributed by atoms with van der Waals surface area (Å²) in [6.07, 6.45) is -0.593. The van der Waals surface area contributed by atoms with Gasteiger partial charge < -0.3 is 13.1 Å². The molecule has 0 amide bonds. The largest absolute Gasteiger partial charge is 2.00 e. The van der Waals surface area contributed by atoms with Gasteiger partial charge in [0.1, 0.15) is 0 Å². The van der Waals surface area contributed by atoms with Gasteiger partial charge >= 0.3 is 49.7 Å². The third-order valence-electron chi connectivity index (χ3n) is 0.553. The molecule has 0 fully saturated rings. The van der Waals surface area contributed by atoms with E-state index in [0.717, 1.165) is 0 Å². The molecule has 10 heavy (non-hydrogen) atoms. The van der Waals surface area contributed by atoms with Gasteiger partial charge in [-0.25, -0.2) is 0 Å². The monoisotopic (exact) mass is 194 g/mol. The maximum atomic E-state index is 9.64. The van der Waals surface area contributed by atoms with Gasteiger partial charge in [-0.05, 0) is 0 Å². The van der Waals surface area contributed by atoms with Crippen molar-refractivity contribution < 1.29 is 22.7 Å². The van der Waals surface area contributed by atoms with E-state index < -0.39 is 11.9 Å². The van der Waals surface area contributed by atoms with Crippen LogP contribution in [0.1, 0.15) is 15.7 Å². The van der Waals surface area contributed by atoms with Crippen molar-refractivity contribution in [3.05, 3.63) is 0 Å². The van der Waals surface area contributed by atoms with Gasteiger partial charge in [-0.3, -0.25) is 9.59 Å². The molecule has 0 bridgehead atoms. The van der Waals surface area contributed by atoms with Crippen LogP contribution in [0.4, 0.5) is 0 Å². The molecule has 0 unspecified atom stereocenters. The third kappa shape index (κ3) is 15.8. The second-order valence-corrected chi connectivity index (χ2v) is 1.29. The normalized spacial score (nSPS) is 6.80. The zero-order valence-corrected chi connectivity index (χ0v) is 8.54. The first kappa shape index (κ1) is 16.9. The number of aliphatic carboxylic acids is 2. The Kier molecular flexibility index (Phi) is 16.1. The summed E-state index contributed by atoms with van der Waals surface area (Å²) in [4.78, 5) is 19.3. The quantitative estimate of drug-likeness (QED) is 0.615. The van der Waals surface area contributed by atoms with Crippen LogP contribution in [-0.4, -0.2) is 59.9 Å². The average Bonchev–Trinajstić information content (AvgIpc) is 1.61. The van der Waals surface area contributed by atoms with Gasteiger partial charge in [-0.1, -0.05) is 0 Å². The van der Waals surface area contributed by atoms with Crippen LogP contribution in [0.3, 0.4) is 0 Å². The maximum Gasteiger partial charge on any atom is 2.00 e. The zero-order chi connectivity index (χ0) is 6.57. The minimum atomic E-state index is -1.08. The first-order chi connectivity index (χ1) is 3.63. The Morgan fingerprint density at radius 3 is 1.40 bits per heavy atom. The molecular weight excluding hydrogens is 184 g/mol. The molecule has 0 aromatic rings. The fourth-order valence-electron chi connectivity index (χ4n) is 0.214. The van der Waals surface area contributed by atoms with E-state index in [2.05, 4.69) is 0 Å². The third-order valence-corrected chi connectivity index (χ3v) is 0.553. The van der Waals surface area contributed by atoms with Crippen LogP contribution in [0.25, 0.3) is 0 Å². The number of carboxylic acids is 2. The first-order valence-electron chi connectivity index (χ1n) is 2.06. The molecule has 2 N–H and O–H groups in total. The van der Waals surface area contributed by atoms with Gasteiger partial charge in [-0.2, -0.15) is 13.5 Å². The standard InChI is InChI=1S/C4H6O4.Ca.H2S.2H/c5-3(6)1-2-4(7)8;;;;/h1-2H2,(H,5,6)(H,7,8);;1H2;;/q;+2;;2*-1. The van der Waals surface area contributed by atoms with E-state index in [1.807, 2.05) is 0 Å². The smallest absolute Gasteiger partial charge is 1.00 e. The van der Waals surface area contributed by atoms with Crippen LogP contribution in [0, 0.1) is 0 Å². The molecule has 4 nitrogen and oxygen atoms in total. The van der Waals surface area contributed by atoms with Crippen molar-refractivity contribution in [1.82, 2.24) is 0 Å². The molecule has 0 atom stereocenters. The maximum absolute atomic E-state index is 9.64. The van der Waals surface area contributed by atoms with E-state index in [0.29, 0.717) is 0 Å². The van der Waals surface area contributed by atoms with Crippen LogP contribution in [0.2, 0.25) is 0 Å². The first-order valence-corrected chi connectivity index (χ1v) is 2.06. The minimum Gasteiger partial charge on any atom is -1.00 e. The van der Waals surface area contributed by atoms with Crippen LogP contribution in [0.15, 0.2) is 0 Å². The van der Waals surface area contributed by atoms with Crippen molar-refractivity contribution in [3.8, 4) is 0 Å². The van der Waals surface area contributed by atoms with Crippen LogP contribution in [0.5, 0.6) is 0 Å². The molecule has 0 aromatic carbocycles. The van der Waals surface area contributed by atoms with E-state index in [1.165, 1.54) is 0 Å². The predicted octanol–water partition coefficient (Wildman–Crippen LogP) is -0.107. The fourth-order valence-corrected chi connectivity index (χ4v) is 0.214. The van der Waals surface area contributed by atoms with E-state index in [4.69, 9.17) is 10.2 Å². The zero-order valence-electron chi connectivity index (χ0n) is 7.33. The van der Waals surface area contributed by atoms with E-state index in [9.17, 15) is 9.59 Å². The molecule has 58 valence electrons. The van der Waals surface area contributed by atoms with E-state index >= 15 is 0 Å². The summed E-state index contributed by atoms with van der Waals surface area (Å²) < 4.78 is 0. The van der Waals surface area contributed by atoms with Crippen molar-refractivity contribution in [1.29, 1.82) is 0 Å². The van der Waals surface area contributed by atoms with Crippen molar-refractivity contribution in [2.75, 3.05) is 0 Å². The number of carbonyl (C=O) groups is 2. The van der Waals surface area contributed by atoms with Crippen LogP contribution < -0.4 is 0 Å². The minimum absolute atomic E-state index is 0. The van der Waals surface area contributed by atoms with E-state index in [1.54, 1.807) is 0 Å². The summed E-state index contributed by atoms with van der Waals surface area (Å²) in [5.74, 6) is -2.15. The Bertz CT molecular complexity index is 110. The molecule has 0 heterocycles. The summed E-state index contributed by atoms with van der Waals surface area (Å²) in [7, 11) is 0. The molecule has 0 saturated carbocycles. The topological polar surface area (TPSA) is 74.6 Å². The van der Waals surface area contributed by atoms with Gasteiger partial charge in [0.25, 0.3) is 0 Å². The summed E-state index contributed by atoms with van der Waals surface area (Å²) in [6.45, 7) is 0. The molecule has 0 aliphatic heterocycles. The van der Waals surface area contributed by atoms with Gasteiger partial charge in [0.05, 0.1) is 12.8 Å². The number of rotatable bonds is 3. The summed E-state index contributed by atoms with van der Waals surface area (Å²) >= 11 is 0. The number of hydrogen-bond acceptors (Lipinski definition) is 2. The van der Waals surface area contributed by atoms with E-state index in [-0.39, 0.29) is 66.9 Å². The fraction of sp³-hybridized carbons (Fsp3) is 0.500. The van der Waals surface area contributed by atoms with Crippen molar-refractivity contribution in [2.24, 2.45) is 0 Å². The average molecular weight is 194 g/mol. The second kappa shape index (κ2) is 9.55. The number of carboxylic acid groups (broad SMARTS) is 2. The Balaban J connectivity index is -0.0000000408. The molecule has 0 aliphatic carbocycles. The Morgan fingerprint density at radius 1 is 1.10 bits per heavy atom. The summed E-state index contributed by atoms with van der Waals surface area (Å²) in [5.41, 5.74) is 0. The molecule has 0 spiro atoms. The van der Waals surface area contributed by atoms with Gasteiger partial charge in [-0.15, -0.1) is 0 Å². The Hall–Kier alpha value is 0.550. The summed E-state index contributed by atoms with van der Waals surface area (Å²) in [6, 6.07) is 0. The van der Waals surface area contributed by atoms with Crippen molar-refractivity contribution in [2.45, 2.75) is 12.8 Å². The summed E-state index contributed by atoms with van der Waals surface area (Å²) in [5, 5.41) is 15.8. The molecule has 0 aliphatic rings. The van der Waals surface area contributed by atoms with Crippen LogP contribution >= 0.6 is 13.5 Å². The molecule has 0 rings (SSSR count). The molecule has 6 heteroatoms. The van der Waals surface area contributed by atoms with Gasteiger partial charge in [0.15, 0.2) is 0 Å². The Morgan fingerprint density at radius 2 is 1.30 bits per heavy atom. The number of hydrogen-bond donors (Lipinski definition) is 2. The van der Waals surface area contributed by atoms with Crippen molar-refractivity contribution in [3.63, 3.8) is 0 Å².